The minimum Gasteiger partial charge on any atom is -0.508 e. The summed E-state index contributed by atoms with van der Waals surface area (Å²) in [6.07, 6.45) is 0.0331. The van der Waals surface area contributed by atoms with Crippen LogP contribution in [0.3, 0.4) is 0 Å². The second kappa shape index (κ2) is 5.18. The lowest BCUT2D eigenvalue weighted by molar-refractivity contribution is -0.135. The van der Waals surface area contributed by atoms with Crippen molar-refractivity contribution in [1.82, 2.24) is 0 Å². The van der Waals surface area contributed by atoms with Crippen LogP contribution in [0.1, 0.15) is 40.7 Å². The Morgan fingerprint density at radius 3 is 2.68 bits per heavy atom. The summed E-state index contributed by atoms with van der Waals surface area (Å²) < 4.78 is 5.16. The van der Waals surface area contributed by atoms with Gasteiger partial charge in [0.1, 0.15) is 17.2 Å². The van der Waals surface area contributed by atoms with Gasteiger partial charge in [0.25, 0.3) is 0 Å². The molecule has 1 heterocycles. The summed E-state index contributed by atoms with van der Waals surface area (Å²) in [5.74, 6) is -1.02. The zero-order valence-corrected chi connectivity index (χ0v) is 11.9. The molecule has 1 aliphatic rings. The average Bonchev–Trinajstić information content (AvgIpc) is 2.46. The Kier molecular flexibility index (Phi) is 3.33. The van der Waals surface area contributed by atoms with Crippen molar-refractivity contribution >= 4 is 11.8 Å². The van der Waals surface area contributed by atoms with Gasteiger partial charge in [-0.25, -0.2) is 0 Å². The van der Waals surface area contributed by atoms with Gasteiger partial charge in [-0.05, 0) is 36.8 Å². The number of aromatic hydroxyl groups is 2. The molecule has 0 radical (unpaired) electrons. The molecule has 0 bridgehead atoms. The van der Waals surface area contributed by atoms with E-state index in [-0.39, 0.29) is 35.0 Å². The van der Waals surface area contributed by atoms with Crippen LogP contribution in [-0.4, -0.2) is 22.0 Å². The van der Waals surface area contributed by atoms with Crippen LogP contribution in [-0.2, 0) is 4.79 Å². The van der Waals surface area contributed by atoms with Crippen molar-refractivity contribution in [2.45, 2.75) is 19.3 Å². The van der Waals surface area contributed by atoms with Crippen LogP contribution in [0.4, 0.5) is 0 Å². The molecule has 2 aromatic carbocycles. The standard InChI is InChI=1S/C17H14O5/c1-9(18)12-5-6-14-16(17(12)21)13(8-15(20)22-14)10-3-2-4-11(19)7-10/h2-7,13,19,21H,8H2,1H3/t13-/m1/s1. The molecule has 2 aromatic rings. The first kappa shape index (κ1) is 14.1. The highest BCUT2D eigenvalue weighted by Gasteiger charge is 2.32. The molecule has 112 valence electrons. The molecule has 2 N–H and O–H groups in total. The van der Waals surface area contributed by atoms with E-state index in [4.69, 9.17) is 4.74 Å². The summed E-state index contributed by atoms with van der Waals surface area (Å²) in [7, 11) is 0. The van der Waals surface area contributed by atoms with Crippen molar-refractivity contribution in [1.29, 1.82) is 0 Å². The minimum absolute atomic E-state index is 0.0331. The fraction of sp³-hybridized carbons (Fsp3) is 0.176. The number of phenolic OH excluding ortho intramolecular Hbond substituents is 2. The number of ketones is 1. The highest BCUT2D eigenvalue weighted by Crippen LogP contribution is 2.45. The Bertz CT molecular complexity index is 779. The number of Topliss-reactive ketones (excluding diaryl/α,β-unsaturated/α-hetero) is 1. The fourth-order valence-electron chi connectivity index (χ4n) is 2.76. The third kappa shape index (κ3) is 2.30. The highest BCUT2D eigenvalue weighted by atomic mass is 16.5. The second-order valence-electron chi connectivity index (χ2n) is 5.26. The van der Waals surface area contributed by atoms with Crippen LogP contribution in [0, 0.1) is 0 Å². The van der Waals surface area contributed by atoms with Crippen molar-refractivity contribution in [2.75, 3.05) is 0 Å². The molecule has 0 aromatic heterocycles. The fourth-order valence-corrected chi connectivity index (χ4v) is 2.76. The Labute approximate surface area is 126 Å². The predicted molar refractivity (Wildman–Crippen MR) is 78.3 cm³/mol. The molecule has 3 rings (SSSR count). The van der Waals surface area contributed by atoms with E-state index in [9.17, 15) is 19.8 Å². The number of ether oxygens (including phenoxy) is 1. The number of benzene rings is 2. The summed E-state index contributed by atoms with van der Waals surface area (Å²) >= 11 is 0. The van der Waals surface area contributed by atoms with Crippen LogP contribution < -0.4 is 4.74 Å². The molecular formula is C17H14O5. The van der Waals surface area contributed by atoms with Gasteiger partial charge >= 0.3 is 5.97 Å². The lowest BCUT2D eigenvalue weighted by Crippen LogP contribution is -2.21. The van der Waals surface area contributed by atoms with E-state index < -0.39 is 11.9 Å². The van der Waals surface area contributed by atoms with Crippen molar-refractivity contribution in [2.24, 2.45) is 0 Å². The first-order chi connectivity index (χ1) is 10.5. The molecular weight excluding hydrogens is 284 g/mol. The second-order valence-corrected chi connectivity index (χ2v) is 5.26. The zero-order chi connectivity index (χ0) is 15.9. The van der Waals surface area contributed by atoms with Crippen LogP contribution in [0.15, 0.2) is 36.4 Å². The van der Waals surface area contributed by atoms with Crippen LogP contribution in [0.5, 0.6) is 17.2 Å². The van der Waals surface area contributed by atoms with E-state index >= 15 is 0 Å². The highest BCUT2D eigenvalue weighted by molar-refractivity contribution is 5.98. The van der Waals surface area contributed by atoms with Crippen LogP contribution in [0.2, 0.25) is 0 Å². The van der Waals surface area contributed by atoms with E-state index in [1.807, 2.05) is 0 Å². The summed E-state index contributed by atoms with van der Waals surface area (Å²) in [6, 6.07) is 9.43. The van der Waals surface area contributed by atoms with Gasteiger partial charge in [0, 0.05) is 11.5 Å². The number of hydrogen-bond acceptors (Lipinski definition) is 5. The number of rotatable bonds is 2. The Morgan fingerprint density at radius 2 is 2.00 bits per heavy atom. The predicted octanol–water partition coefficient (Wildman–Crippen LogP) is 2.74. The molecule has 0 fully saturated rings. The van der Waals surface area contributed by atoms with Crippen molar-refractivity contribution in [3.8, 4) is 17.2 Å². The van der Waals surface area contributed by atoms with Gasteiger partial charge in [0.15, 0.2) is 5.78 Å². The van der Waals surface area contributed by atoms with Gasteiger partial charge in [-0.15, -0.1) is 0 Å². The SMILES string of the molecule is CC(=O)c1ccc2c(c1O)[C@@H](c1cccc(O)c1)CC(=O)O2. The van der Waals surface area contributed by atoms with E-state index in [1.165, 1.54) is 31.2 Å². The normalized spacial score (nSPS) is 16.8. The maximum Gasteiger partial charge on any atom is 0.312 e. The van der Waals surface area contributed by atoms with Crippen molar-refractivity contribution < 1.29 is 24.5 Å². The summed E-state index contributed by atoms with van der Waals surface area (Å²) in [5, 5.41) is 20.1. The van der Waals surface area contributed by atoms with Gasteiger partial charge < -0.3 is 14.9 Å². The number of carbonyl (C=O) groups excluding carboxylic acids is 2. The van der Waals surface area contributed by atoms with E-state index in [1.54, 1.807) is 12.1 Å². The van der Waals surface area contributed by atoms with Crippen molar-refractivity contribution in [3.05, 3.63) is 53.1 Å². The lowest BCUT2D eigenvalue weighted by Gasteiger charge is -2.26. The number of hydrogen-bond donors (Lipinski definition) is 2. The minimum atomic E-state index is -0.470. The maximum atomic E-state index is 11.8. The Morgan fingerprint density at radius 1 is 1.23 bits per heavy atom. The molecule has 5 nitrogen and oxygen atoms in total. The van der Waals surface area contributed by atoms with E-state index in [0.717, 1.165) is 0 Å². The van der Waals surface area contributed by atoms with Gasteiger partial charge in [-0.3, -0.25) is 9.59 Å². The number of fused-ring (bicyclic) bond motifs is 1. The van der Waals surface area contributed by atoms with Gasteiger partial charge in [0.05, 0.1) is 12.0 Å². The monoisotopic (exact) mass is 298 g/mol. The lowest BCUT2D eigenvalue weighted by atomic mass is 9.84. The Hall–Kier alpha value is -2.82. The smallest absolute Gasteiger partial charge is 0.312 e. The quantitative estimate of drug-likeness (QED) is 0.506. The maximum absolute atomic E-state index is 11.8. The summed E-state index contributed by atoms with van der Waals surface area (Å²) in [6.45, 7) is 1.36. The molecule has 22 heavy (non-hydrogen) atoms. The topological polar surface area (TPSA) is 83.8 Å². The molecule has 0 saturated carbocycles. The van der Waals surface area contributed by atoms with E-state index in [0.29, 0.717) is 11.1 Å². The number of phenols is 2. The summed E-state index contributed by atoms with van der Waals surface area (Å²) in [4.78, 5) is 23.4. The third-order valence-corrected chi connectivity index (χ3v) is 3.77. The first-order valence-electron chi connectivity index (χ1n) is 6.83. The molecule has 0 amide bonds. The summed E-state index contributed by atoms with van der Waals surface area (Å²) in [5.41, 5.74) is 1.26. The molecule has 1 atom stereocenters. The Balaban J connectivity index is 2.21. The molecule has 0 unspecified atom stereocenters. The molecule has 0 aliphatic carbocycles. The zero-order valence-electron chi connectivity index (χ0n) is 11.9. The largest absolute Gasteiger partial charge is 0.508 e. The van der Waals surface area contributed by atoms with Gasteiger partial charge in [-0.1, -0.05) is 12.1 Å². The van der Waals surface area contributed by atoms with Crippen molar-refractivity contribution in [3.63, 3.8) is 0 Å². The van der Waals surface area contributed by atoms with Crippen LogP contribution in [0.25, 0.3) is 0 Å². The van der Waals surface area contributed by atoms with Gasteiger partial charge in [0.2, 0.25) is 0 Å². The van der Waals surface area contributed by atoms with E-state index in [2.05, 4.69) is 0 Å². The number of carbonyl (C=O) groups is 2. The molecule has 0 saturated heterocycles. The molecule has 1 aliphatic heterocycles. The molecule has 0 spiro atoms. The van der Waals surface area contributed by atoms with Crippen LogP contribution >= 0.6 is 0 Å². The third-order valence-electron chi connectivity index (χ3n) is 3.77. The average molecular weight is 298 g/mol. The number of esters is 1. The first-order valence-corrected chi connectivity index (χ1v) is 6.83. The molecule has 5 heteroatoms. The van der Waals surface area contributed by atoms with Gasteiger partial charge in [-0.2, -0.15) is 0 Å².